The molecule has 2 atom stereocenters. The second-order valence-electron chi connectivity index (χ2n) is 9.30. The lowest BCUT2D eigenvalue weighted by atomic mass is 9.89. The number of likely N-dealkylation sites (tertiary alicyclic amines) is 1. The third-order valence-electron chi connectivity index (χ3n) is 6.56. The molecule has 1 saturated heterocycles. The lowest BCUT2D eigenvalue weighted by Crippen LogP contribution is -2.46. The van der Waals surface area contributed by atoms with E-state index in [0.29, 0.717) is 24.2 Å². The first-order valence-corrected chi connectivity index (χ1v) is 11.5. The average molecular weight is 487 g/mol. The highest BCUT2D eigenvalue weighted by atomic mass is 19.3. The van der Waals surface area contributed by atoms with Crippen molar-refractivity contribution in [3.8, 4) is 11.1 Å². The molecule has 35 heavy (non-hydrogen) atoms. The quantitative estimate of drug-likeness (QED) is 0.607. The zero-order valence-electron chi connectivity index (χ0n) is 19.9. The van der Waals surface area contributed by atoms with Gasteiger partial charge in [0.2, 0.25) is 5.91 Å². The predicted molar refractivity (Wildman–Crippen MR) is 124 cm³/mol. The molecular weight excluding hydrogens is 458 g/mol. The van der Waals surface area contributed by atoms with Gasteiger partial charge < -0.3 is 19.7 Å². The summed E-state index contributed by atoms with van der Waals surface area (Å²) in [6.45, 7) is 4.10. The van der Waals surface area contributed by atoms with Gasteiger partial charge in [0.25, 0.3) is 11.8 Å². The second-order valence-corrected chi connectivity index (χ2v) is 9.30. The summed E-state index contributed by atoms with van der Waals surface area (Å²) in [5.74, 6) is -4.64. The summed E-state index contributed by atoms with van der Waals surface area (Å²) in [6.07, 6.45) is 0.387. The second kappa shape index (κ2) is 9.37. The van der Waals surface area contributed by atoms with Crippen molar-refractivity contribution in [1.82, 2.24) is 10.2 Å². The number of rotatable bonds is 7. The number of carbonyl (C=O) groups excluding carboxylic acids is 3. The van der Waals surface area contributed by atoms with Crippen LogP contribution in [0.25, 0.3) is 11.1 Å². The minimum absolute atomic E-state index is 0.0964. The Kier molecular flexibility index (Phi) is 6.64. The Hall–Kier alpha value is -3.33. The molecule has 1 aliphatic heterocycles. The minimum atomic E-state index is -3.14. The summed E-state index contributed by atoms with van der Waals surface area (Å²) in [5.41, 5.74) is 0.159. The molecule has 0 radical (unpaired) electrons. The number of ether oxygens (including phenoxy) is 2. The zero-order chi connectivity index (χ0) is 25.4. The maximum atomic E-state index is 14.8. The Morgan fingerprint density at radius 1 is 1.11 bits per heavy atom. The van der Waals surface area contributed by atoms with E-state index in [2.05, 4.69) is 5.32 Å². The van der Waals surface area contributed by atoms with E-state index in [4.69, 9.17) is 9.47 Å². The van der Waals surface area contributed by atoms with Crippen LogP contribution in [0.3, 0.4) is 0 Å². The number of hydrogen-bond donors (Lipinski definition) is 1. The van der Waals surface area contributed by atoms with Crippen LogP contribution in [-0.4, -0.2) is 62.1 Å². The fourth-order valence-electron chi connectivity index (χ4n) is 5.01. The van der Waals surface area contributed by atoms with Gasteiger partial charge in [-0.2, -0.15) is 8.78 Å². The maximum Gasteiger partial charge on any atom is 0.328 e. The number of nitrogens with zero attached hydrogens (tertiary/aromatic N) is 1. The van der Waals surface area contributed by atoms with Gasteiger partial charge in [-0.25, -0.2) is 4.79 Å². The number of carbonyl (C=O) groups is 3. The molecular formula is C26H28F2N2O5. The molecule has 1 fully saturated rings. The maximum absolute atomic E-state index is 14.8. The highest BCUT2D eigenvalue weighted by Crippen LogP contribution is 2.50. The largest absolute Gasteiger partial charge is 0.464 e. The Bertz CT molecular complexity index is 1170. The molecule has 4 rings (SSSR count). The third kappa shape index (κ3) is 4.52. The van der Waals surface area contributed by atoms with Crippen molar-refractivity contribution >= 4 is 17.8 Å². The van der Waals surface area contributed by atoms with Gasteiger partial charge in [-0.3, -0.25) is 9.59 Å². The molecule has 186 valence electrons. The van der Waals surface area contributed by atoms with E-state index in [-0.39, 0.29) is 36.4 Å². The van der Waals surface area contributed by atoms with E-state index in [1.165, 1.54) is 29.2 Å². The van der Waals surface area contributed by atoms with E-state index in [9.17, 15) is 23.2 Å². The normalized spacial score (nSPS) is 21.9. The van der Waals surface area contributed by atoms with Crippen LogP contribution in [-0.2, 0) is 25.0 Å². The van der Waals surface area contributed by atoms with Gasteiger partial charge >= 0.3 is 5.97 Å². The van der Waals surface area contributed by atoms with E-state index in [1.54, 1.807) is 32.2 Å². The van der Waals surface area contributed by atoms with Crippen LogP contribution in [0.1, 0.15) is 41.8 Å². The van der Waals surface area contributed by atoms with Crippen LogP contribution < -0.4 is 5.32 Å². The molecule has 2 aromatic rings. The molecule has 7 nitrogen and oxygen atoms in total. The molecule has 0 aromatic heterocycles. The zero-order valence-corrected chi connectivity index (χ0v) is 19.9. The first kappa shape index (κ1) is 24.8. The first-order valence-electron chi connectivity index (χ1n) is 11.5. The van der Waals surface area contributed by atoms with Crippen molar-refractivity contribution in [2.24, 2.45) is 5.41 Å². The van der Waals surface area contributed by atoms with Crippen LogP contribution in [0, 0.1) is 5.41 Å². The number of alkyl halides is 2. The SMILES string of the molecule is CCOC(=O)[C@@H]1C[C@](C)(COC)CN1C(=O)CNC(=O)c1ccc2c(c1)-c1ccccc1C2(F)F. The minimum Gasteiger partial charge on any atom is -0.464 e. The molecule has 1 aliphatic carbocycles. The number of fused-ring (bicyclic) bond motifs is 3. The molecule has 2 amide bonds. The van der Waals surface area contributed by atoms with Crippen LogP contribution in [0.5, 0.6) is 0 Å². The first-order chi connectivity index (χ1) is 16.6. The summed E-state index contributed by atoms with van der Waals surface area (Å²) >= 11 is 0. The van der Waals surface area contributed by atoms with Crippen molar-refractivity contribution in [3.05, 3.63) is 59.2 Å². The molecule has 0 unspecified atom stereocenters. The van der Waals surface area contributed by atoms with Gasteiger partial charge in [0, 0.05) is 35.8 Å². The van der Waals surface area contributed by atoms with E-state index in [1.807, 2.05) is 6.92 Å². The lowest BCUT2D eigenvalue weighted by molar-refractivity contribution is -0.152. The standard InChI is InChI=1S/C26H28F2N2O5/c1-4-35-24(33)21-12-25(2,15-34-3)14-30(21)22(31)13-29-23(32)16-9-10-20-18(11-16)17-7-5-6-8-19(17)26(20,27)28/h5-11,21H,4,12-15H2,1-3H3,(H,29,32)/t21-,25-/m0/s1. The van der Waals surface area contributed by atoms with Crippen molar-refractivity contribution in [3.63, 3.8) is 0 Å². The van der Waals surface area contributed by atoms with Gasteiger partial charge in [-0.15, -0.1) is 0 Å². The summed E-state index contributed by atoms with van der Waals surface area (Å²) in [5, 5.41) is 2.56. The van der Waals surface area contributed by atoms with Crippen LogP contribution >= 0.6 is 0 Å². The van der Waals surface area contributed by atoms with Gasteiger partial charge in [0.05, 0.1) is 19.8 Å². The molecule has 2 aromatic carbocycles. The van der Waals surface area contributed by atoms with Crippen molar-refractivity contribution in [2.45, 2.75) is 32.2 Å². The van der Waals surface area contributed by atoms with Gasteiger partial charge in [0.15, 0.2) is 0 Å². The smallest absolute Gasteiger partial charge is 0.328 e. The Balaban J connectivity index is 1.48. The Labute approximate surface area is 202 Å². The molecule has 0 bridgehead atoms. The van der Waals surface area contributed by atoms with E-state index in [0.717, 1.165) is 0 Å². The van der Waals surface area contributed by atoms with Gasteiger partial charge in [0.1, 0.15) is 6.04 Å². The topological polar surface area (TPSA) is 84.9 Å². The average Bonchev–Trinajstić information content (AvgIpc) is 3.30. The summed E-state index contributed by atoms with van der Waals surface area (Å²) in [4.78, 5) is 39.7. The van der Waals surface area contributed by atoms with Gasteiger partial charge in [-0.05, 0) is 36.6 Å². The number of esters is 1. The monoisotopic (exact) mass is 486 g/mol. The summed E-state index contributed by atoms with van der Waals surface area (Å²) < 4.78 is 39.9. The number of nitrogens with one attached hydrogen (secondary N) is 1. The fourth-order valence-corrected chi connectivity index (χ4v) is 5.01. The molecule has 0 saturated carbocycles. The van der Waals surface area contributed by atoms with Crippen LogP contribution in [0.2, 0.25) is 0 Å². The number of benzene rings is 2. The van der Waals surface area contributed by atoms with E-state index >= 15 is 0 Å². The van der Waals surface area contributed by atoms with Crippen LogP contribution in [0.4, 0.5) is 8.78 Å². The lowest BCUT2D eigenvalue weighted by Gasteiger charge is -2.24. The summed E-state index contributed by atoms with van der Waals surface area (Å²) in [6, 6.07) is 9.42. The molecule has 1 heterocycles. The third-order valence-corrected chi connectivity index (χ3v) is 6.56. The van der Waals surface area contributed by atoms with E-state index < -0.39 is 35.2 Å². The number of methoxy groups -OCH3 is 1. The Morgan fingerprint density at radius 3 is 2.54 bits per heavy atom. The van der Waals surface area contributed by atoms with Crippen molar-refractivity contribution < 1.29 is 32.6 Å². The highest BCUT2D eigenvalue weighted by Gasteiger charge is 2.47. The van der Waals surface area contributed by atoms with Crippen molar-refractivity contribution in [1.29, 1.82) is 0 Å². The Morgan fingerprint density at radius 2 is 1.83 bits per heavy atom. The number of halogens is 2. The number of amides is 2. The number of hydrogen-bond acceptors (Lipinski definition) is 5. The molecule has 2 aliphatic rings. The van der Waals surface area contributed by atoms with Crippen molar-refractivity contribution in [2.75, 3.05) is 33.4 Å². The molecule has 1 N–H and O–H groups in total. The molecule has 0 spiro atoms. The highest BCUT2D eigenvalue weighted by molar-refractivity contribution is 5.99. The summed E-state index contributed by atoms with van der Waals surface area (Å²) in [7, 11) is 1.56. The van der Waals surface area contributed by atoms with Gasteiger partial charge in [-0.1, -0.05) is 37.3 Å². The van der Waals surface area contributed by atoms with Crippen LogP contribution in [0.15, 0.2) is 42.5 Å². The predicted octanol–water partition coefficient (Wildman–Crippen LogP) is 3.35. The molecule has 9 heteroatoms. The fraction of sp³-hybridized carbons (Fsp3) is 0.423.